The van der Waals surface area contributed by atoms with Crippen LogP contribution >= 0.6 is 35.6 Å². The predicted molar refractivity (Wildman–Crippen MR) is 113 cm³/mol. The van der Waals surface area contributed by atoms with Crippen molar-refractivity contribution in [2.75, 3.05) is 7.05 Å². The zero-order chi connectivity index (χ0) is 18.3. The number of carbonyl (C=O) groups excluding carboxylic acids is 1. The number of para-hydroxylation sites is 1. The van der Waals surface area contributed by atoms with E-state index in [2.05, 4.69) is 22.9 Å². The zero-order valence-electron chi connectivity index (χ0n) is 14.0. The Balaban J connectivity index is 1.79. The van der Waals surface area contributed by atoms with Crippen LogP contribution in [0.25, 0.3) is 17.0 Å². The van der Waals surface area contributed by atoms with Crippen LogP contribution in [0.5, 0.6) is 0 Å². The van der Waals surface area contributed by atoms with E-state index in [9.17, 15) is 4.79 Å². The summed E-state index contributed by atoms with van der Waals surface area (Å²) in [6.45, 7) is 0.669. The SMILES string of the molecule is CN1C(=O)/C(=C\c2cn(Cc3ccccc3Cl)c3ccccc23)SC1=S. The lowest BCUT2D eigenvalue weighted by Gasteiger charge is -2.07. The fraction of sp³-hybridized carbons (Fsp3) is 0.100. The van der Waals surface area contributed by atoms with Gasteiger partial charge in [0.15, 0.2) is 0 Å². The molecule has 0 aliphatic carbocycles. The first-order valence-corrected chi connectivity index (χ1v) is 9.67. The minimum atomic E-state index is -0.0528. The molecule has 0 radical (unpaired) electrons. The Morgan fingerprint density at radius 2 is 1.88 bits per heavy atom. The number of hydrogen-bond donors (Lipinski definition) is 0. The van der Waals surface area contributed by atoms with Gasteiger partial charge in [-0.15, -0.1) is 0 Å². The summed E-state index contributed by atoms with van der Waals surface area (Å²) in [5, 5.41) is 1.85. The van der Waals surface area contributed by atoms with Crippen molar-refractivity contribution in [1.82, 2.24) is 9.47 Å². The highest BCUT2D eigenvalue weighted by Gasteiger charge is 2.29. The molecule has 1 aliphatic rings. The van der Waals surface area contributed by atoms with Gasteiger partial charge in [-0.05, 0) is 23.8 Å². The number of thioether (sulfide) groups is 1. The van der Waals surface area contributed by atoms with Crippen LogP contribution in [0, 0.1) is 0 Å². The zero-order valence-corrected chi connectivity index (χ0v) is 16.4. The Morgan fingerprint density at radius 3 is 2.62 bits per heavy atom. The largest absolute Gasteiger partial charge is 0.342 e. The molecule has 0 saturated carbocycles. The van der Waals surface area contributed by atoms with Crippen molar-refractivity contribution in [3.63, 3.8) is 0 Å². The van der Waals surface area contributed by atoms with Crippen LogP contribution in [0.4, 0.5) is 0 Å². The maximum atomic E-state index is 12.3. The number of nitrogens with zero attached hydrogens (tertiary/aromatic N) is 2. The van der Waals surface area contributed by atoms with Gasteiger partial charge in [-0.3, -0.25) is 9.69 Å². The minimum Gasteiger partial charge on any atom is -0.342 e. The molecule has 26 heavy (non-hydrogen) atoms. The number of carbonyl (C=O) groups is 1. The monoisotopic (exact) mass is 398 g/mol. The first kappa shape index (κ1) is 17.3. The van der Waals surface area contributed by atoms with Crippen LogP contribution in [0.15, 0.2) is 59.6 Å². The first-order valence-electron chi connectivity index (χ1n) is 8.07. The molecule has 0 bridgehead atoms. The third-order valence-electron chi connectivity index (χ3n) is 4.39. The molecule has 3 nitrogen and oxygen atoms in total. The molecule has 0 unspecified atom stereocenters. The third-order valence-corrected chi connectivity index (χ3v) is 6.24. The van der Waals surface area contributed by atoms with Crippen LogP contribution in [0.3, 0.4) is 0 Å². The quantitative estimate of drug-likeness (QED) is 0.449. The second kappa shape index (κ2) is 6.91. The van der Waals surface area contributed by atoms with Gasteiger partial charge in [-0.25, -0.2) is 0 Å². The van der Waals surface area contributed by atoms with Crippen LogP contribution in [0.1, 0.15) is 11.1 Å². The normalized spacial score (nSPS) is 16.2. The van der Waals surface area contributed by atoms with E-state index >= 15 is 0 Å². The van der Waals surface area contributed by atoms with E-state index in [0.717, 1.165) is 27.1 Å². The standard InChI is InChI=1S/C20H15ClN2OS2/c1-22-19(24)18(26-20(22)25)10-14-12-23(17-9-5-3-7-15(14)17)11-13-6-2-4-8-16(13)21/h2-10,12H,11H2,1H3/b18-10+. The summed E-state index contributed by atoms with van der Waals surface area (Å²) in [6, 6.07) is 16.0. The molecule has 130 valence electrons. The molecule has 1 amide bonds. The summed E-state index contributed by atoms with van der Waals surface area (Å²) in [6.07, 6.45) is 3.99. The van der Waals surface area contributed by atoms with E-state index in [4.69, 9.17) is 23.8 Å². The molecule has 1 fully saturated rings. The first-order chi connectivity index (χ1) is 12.5. The van der Waals surface area contributed by atoms with Gasteiger partial charge < -0.3 is 4.57 Å². The maximum Gasteiger partial charge on any atom is 0.265 e. The number of amides is 1. The second-order valence-electron chi connectivity index (χ2n) is 6.06. The third kappa shape index (κ3) is 3.07. The van der Waals surface area contributed by atoms with Gasteiger partial charge >= 0.3 is 0 Å². The molecule has 0 spiro atoms. The fourth-order valence-corrected chi connectivity index (χ4v) is 4.38. The second-order valence-corrected chi connectivity index (χ2v) is 8.14. The molecule has 2 aromatic carbocycles. The minimum absolute atomic E-state index is 0.0528. The number of aromatic nitrogens is 1. The highest BCUT2D eigenvalue weighted by atomic mass is 35.5. The molecule has 2 heterocycles. The van der Waals surface area contributed by atoms with Gasteiger partial charge in [0.1, 0.15) is 4.32 Å². The summed E-state index contributed by atoms with van der Waals surface area (Å²) in [7, 11) is 1.71. The maximum absolute atomic E-state index is 12.3. The van der Waals surface area contributed by atoms with Gasteiger partial charge in [0.25, 0.3) is 5.91 Å². The van der Waals surface area contributed by atoms with Crippen molar-refractivity contribution < 1.29 is 4.79 Å². The number of thiocarbonyl (C=S) groups is 1. The van der Waals surface area contributed by atoms with Crippen molar-refractivity contribution in [2.24, 2.45) is 0 Å². The van der Waals surface area contributed by atoms with Gasteiger partial charge in [0.05, 0.1) is 4.91 Å². The molecule has 0 N–H and O–H groups in total. The van der Waals surface area contributed by atoms with Crippen molar-refractivity contribution >= 4 is 62.8 Å². The average molecular weight is 399 g/mol. The van der Waals surface area contributed by atoms with Crippen LogP contribution < -0.4 is 0 Å². The van der Waals surface area contributed by atoms with Crippen LogP contribution in [0.2, 0.25) is 5.02 Å². The van der Waals surface area contributed by atoms with E-state index in [1.807, 2.05) is 42.5 Å². The highest BCUT2D eigenvalue weighted by Crippen LogP contribution is 2.33. The molecule has 4 rings (SSSR count). The van der Waals surface area contributed by atoms with E-state index in [0.29, 0.717) is 15.8 Å². The highest BCUT2D eigenvalue weighted by molar-refractivity contribution is 8.26. The number of halogens is 1. The summed E-state index contributed by atoms with van der Waals surface area (Å²) in [5.74, 6) is -0.0528. The van der Waals surface area contributed by atoms with E-state index in [1.165, 1.54) is 16.7 Å². The summed E-state index contributed by atoms with van der Waals surface area (Å²) in [4.78, 5) is 14.5. The predicted octanol–water partition coefficient (Wildman–Crippen LogP) is 5.17. The Bertz CT molecular complexity index is 1070. The molecule has 6 heteroatoms. The average Bonchev–Trinajstić information content (AvgIpc) is 3.10. The lowest BCUT2D eigenvalue weighted by molar-refractivity contribution is -0.121. The van der Waals surface area contributed by atoms with Crippen molar-refractivity contribution in [1.29, 1.82) is 0 Å². The van der Waals surface area contributed by atoms with Crippen molar-refractivity contribution in [2.45, 2.75) is 6.54 Å². The Morgan fingerprint density at radius 1 is 1.15 bits per heavy atom. The number of hydrogen-bond acceptors (Lipinski definition) is 3. The molecule has 1 saturated heterocycles. The van der Waals surface area contributed by atoms with Gasteiger partial charge in [-0.1, -0.05) is 72.0 Å². The topological polar surface area (TPSA) is 25.2 Å². The van der Waals surface area contributed by atoms with E-state index < -0.39 is 0 Å². The molecule has 3 aromatic rings. The van der Waals surface area contributed by atoms with Gasteiger partial charge in [-0.2, -0.15) is 0 Å². The number of fused-ring (bicyclic) bond motifs is 1. The summed E-state index contributed by atoms with van der Waals surface area (Å²) >= 11 is 12.9. The number of likely N-dealkylation sites (N-methyl/N-ethyl adjacent to an activating group) is 1. The smallest absolute Gasteiger partial charge is 0.265 e. The van der Waals surface area contributed by atoms with Gasteiger partial charge in [0, 0.05) is 41.3 Å². The van der Waals surface area contributed by atoms with Crippen molar-refractivity contribution in [3.8, 4) is 0 Å². The molecular formula is C20H15ClN2OS2. The lowest BCUT2D eigenvalue weighted by Crippen LogP contribution is -2.22. The Kier molecular flexibility index (Phi) is 4.61. The van der Waals surface area contributed by atoms with E-state index in [-0.39, 0.29) is 5.91 Å². The molecular weight excluding hydrogens is 384 g/mol. The van der Waals surface area contributed by atoms with Crippen LogP contribution in [-0.2, 0) is 11.3 Å². The lowest BCUT2D eigenvalue weighted by atomic mass is 10.1. The van der Waals surface area contributed by atoms with Gasteiger partial charge in [0.2, 0.25) is 0 Å². The summed E-state index contributed by atoms with van der Waals surface area (Å²) < 4.78 is 2.75. The molecule has 1 aromatic heterocycles. The molecule has 1 aliphatic heterocycles. The molecule has 0 atom stereocenters. The van der Waals surface area contributed by atoms with Crippen LogP contribution in [-0.4, -0.2) is 26.7 Å². The summed E-state index contributed by atoms with van der Waals surface area (Å²) in [5.41, 5.74) is 3.16. The Hall–Kier alpha value is -2.08. The number of rotatable bonds is 3. The van der Waals surface area contributed by atoms with E-state index in [1.54, 1.807) is 7.05 Å². The fourth-order valence-electron chi connectivity index (χ4n) is 3.02. The Labute approximate surface area is 166 Å². The number of benzene rings is 2. The van der Waals surface area contributed by atoms with Crippen molar-refractivity contribution in [3.05, 3.63) is 75.8 Å².